The summed E-state index contributed by atoms with van der Waals surface area (Å²) in [7, 11) is 1.60. The quantitative estimate of drug-likeness (QED) is 0.538. The third-order valence-electron chi connectivity index (χ3n) is 1.90. The van der Waals surface area contributed by atoms with Crippen LogP contribution in [0.15, 0.2) is 12.5 Å². The highest BCUT2D eigenvalue weighted by Crippen LogP contribution is 2.26. The van der Waals surface area contributed by atoms with Crippen molar-refractivity contribution in [2.24, 2.45) is 0 Å². The summed E-state index contributed by atoms with van der Waals surface area (Å²) < 4.78 is 2.67. The van der Waals surface area contributed by atoms with Crippen molar-refractivity contribution >= 4 is 29.7 Å². The first kappa shape index (κ1) is 13.2. The fourth-order valence-corrected chi connectivity index (χ4v) is 2.73. The van der Waals surface area contributed by atoms with E-state index in [1.807, 2.05) is 18.0 Å². The van der Waals surface area contributed by atoms with Gasteiger partial charge >= 0.3 is 6.03 Å². The molecule has 0 aromatic carbocycles. The van der Waals surface area contributed by atoms with Crippen LogP contribution in [0.25, 0.3) is 0 Å². The Bertz CT molecular complexity index is 304. The van der Waals surface area contributed by atoms with E-state index in [1.54, 1.807) is 13.4 Å². The van der Waals surface area contributed by atoms with Crippen molar-refractivity contribution in [3.63, 3.8) is 0 Å². The lowest BCUT2D eigenvalue weighted by molar-refractivity contribution is 0.248. The van der Waals surface area contributed by atoms with Gasteiger partial charge in [0.15, 0.2) is 0 Å². The number of rotatable bonds is 6. The summed E-state index contributed by atoms with van der Waals surface area (Å²) in [6, 6.07) is -0.156. The van der Waals surface area contributed by atoms with Crippen molar-refractivity contribution in [1.82, 2.24) is 20.0 Å². The molecule has 1 heterocycles. The number of H-pyrrole nitrogens is 1. The second kappa shape index (κ2) is 7.45. The summed E-state index contributed by atoms with van der Waals surface area (Å²) in [6.45, 7) is 2.13. The SMILES string of the molecule is CNC(=O)NSCCSC(C)c1cnc[nH]1. The number of urea groups is 1. The molecule has 5 nitrogen and oxygen atoms in total. The standard InChI is InChI=1S/C9H16N4OS2/c1-7(8-5-11-6-12-8)15-3-4-16-13-9(14)10-2/h5-7H,3-4H2,1-2H3,(H,11,12)(H2,10,13,14). The third kappa shape index (κ3) is 4.80. The number of carbonyl (C=O) groups is 1. The number of nitrogens with zero attached hydrogens (tertiary/aromatic N) is 1. The predicted molar refractivity (Wildman–Crippen MR) is 69.5 cm³/mol. The first-order chi connectivity index (χ1) is 7.74. The Kier molecular flexibility index (Phi) is 6.17. The molecule has 1 rings (SSSR count). The van der Waals surface area contributed by atoms with Gasteiger partial charge in [0.25, 0.3) is 0 Å². The van der Waals surface area contributed by atoms with E-state index in [2.05, 4.69) is 26.9 Å². The monoisotopic (exact) mass is 260 g/mol. The maximum Gasteiger partial charge on any atom is 0.324 e. The molecule has 0 fully saturated rings. The number of nitrogens with one attached hydrogen (secondary N) is 3. The van der Waals surface area contributed by atoms with Gasteiger partial charge in [-0.25, -0.2) is 9.78 Å². The van der Waals surface area contributed by atoms with Gasteiger partial charge in [0.1, 0.15) is 0 Å². The highest BCUT2D eigenvalue weighted by Gasteiger charge is 2.06. The Morgan fingerprint density at radius 2 is 2.44 bits per heavy atom. The molecule has 2 amide bonds. The van der Waals surface area contributed by atoms with Gasteiger partial charge in [-0.05, 0) is 18.9 Å². The Morgan fingerprint density at radius 1 is 1.62 bits per heavy atom. The van der Waals surface area contributed by atoms with Gasteiger partial charge in [-0.3, -0.25) is 4.72 Å². The molecule has 16 heavy (non-hydrogen) atoms. The van der Waals surface area contributed by atoms with Gasteiger partial charge in [-0.1, -0.05) is 0 Å². The van der Waals surface area contributed by atoms with Crippen LogP contribution in [0.2, 0.25) is 0 Å². The smallest absolute Gasteiger partial charge is 0.324 e. The molecule has 90 valence electrons. The molecule has 7 heteroatoms. The van der Waals surface area contributed by atoms with Crippen LogP contribution in [-0.2, 0) is 0 Å². The van der Waals surface area contributed by atoms with Crippen molar-refractivity contribution < 1.29 is 4.79 Å². The second-order valence-corrected chi connectivity index (χ2v) is 5.40. The fourth-order valence-electron chi connectivity index (χ4n) is 1.01. The molecule has 1 aromatic rings. The van der Waals surface area contributed by atoms with Gasteiger partial charge in [0.05, 0.1) is 6.33 Å². The molecule has 0 aliphatic rings. The zero-order valence-corrected chi connectivity index (χ0v) is 11.0. The molecular weight excluding hydrogens is 244 g/mol. The molecule has 0 saturated heterocycles. The van der Waals surface area contributed by atoms with Crippen LogP contribution in [0.1, 0.15) is 17.9 Å². The molecular formula is C9H16N4OS2. The number of imidazole rings is 1. The topological polar surface area (TPSA) is 69.8 Å². The Labute approximate surface area is 104 Å². The highest BCUT2D eigenvalue weighted by molar-refractivity contribution is 8.02. The van der Waals surface area contributed by atoms with E-state index in [9.17, 15) is 4.79 Å². The van der Waals surface area contributed by atoms with E-state index in [-0.39, 0.29) is 6.03 Å². The number of aromatic amines is 1. The van der Waals surface area contributed by atoms with Crippen molar-refractivity contribution in [1.29, 1.82) is 0 Å². The first-order valence-corrected chi connectivity index (χ1v) is 6.97. The van der Waals surface area contributed by atoms with E-state index < -0.39 is 0 Å². The lowest BCUT2D eigenvalue weighted by Gasteiger charge is -2.08. The summed E-state index contributed by atoms with van der Waals surface area (Å²) in [5.74, 6) is 1.87. The van der Waals surface area contributed by atoms with E-state index >= 15 is 0 Å². The zero-order valence-electron chi connectivity index (χ0n) is 9.32. The number of carbonyl (C=O) groups excluding carboxylic acids is 1. The average molecular weight is 260 g/mol. The van der Waals surface area contributed by atoms with Crippen LogP contribution >= 0.6 is 23.7 Å². The average Bonchev–Trinajstić information content (AvgIpc) is 2.81. The van der Waals surface area contributed by atoms with E-state index in [0.29, 0.717) is 5.25 Å². The number of thioether (sulfide) groups is 1. The van der Waals surface area contributed by atoms with Gasteiger partial charge in [0, 0.05) is 35.7 Å². The zero-order chi connectivity index (χ0) is 11.8. The van der Waals surface area contributed by atoms with Gasteiger partial charge < -0.3 is 10.3 Å². The highest BCUT2D eigenvalue weighted by atomic mass is 32.2. The fraction of sp³-hybridized carbons (Fsp3) is 0.556. The van der Waals surface area contributed by atoms with Crippen molar-refractivity contribution in [3.8, 4) is 0 Å². The molecule has 0 bridgehead atoms. The number of aromatic nitrogens is 2. The molecule has 3 N–H and O–H groups in total. The van der Waals surface area contributed by atoms with E-state index in [4.69, 9.17) is 0 Å². The van der Waals surface area contributed by atoms with Crippen molar-refractivity contribution in [2.45, 2.75) is 12.2 Å². The van der Waals surface area contributed by atoms with Crippen LogP contribution < -0.4 is 10.0 Å². The second-order valence-electron chi connectivity index (χ2n) is 3.05. The first-order valence-electron chi connectivity index (χ1n) is 4.93. The summed E-state index contributed by atoms with van der Waals surface area (Å²) in [5, 5.41) is 2.90. The van der Waals surface area contributed by atoms with Crippen LogP contribution in [-0.4, -0.2) is 34.6 Å². The maximum absolute atomic E-state index is 10.8. The summed E-state index contributed by atoms with van der Waals surface area (Å²) >= 11 is 3.25. The summed E-state index contributed by atoms with van der Waals surface area (Å²) in [4.78, 5) is 17.9. The van der Waals surface area contributed by atoms with E-state index in [0.717, 1.165) is 17.2 Å². The molecule has 0 spiro atoms. The molecule has 0 aliphatic carbocycles. The predicted octanol–water partition coefficient (Wildman–Crippen LogP) is 1.78. The third-order valence-corrected chi connectivity index (χ3v) is 4.09. The molecule has 0 aliphatic heterocycles. The van der Waals surface area contributed by atoms with E-state index in [1.165, 1.54) is 11.9 Å². The molecule has 1 unspecified atom stereocenters. The molecule has 0 radical (unpaired) electrons. The minimum atomic E-state index is -0.156. The largest absolute Gasteiger partial charge is 0.348 e. The minimum absolute atomic E-state index is 0.156. The Hall–Kier alpha value is -0.820. The lowest BCUT2D eigenvalue weighted by atomic mass is 10.4. The van der Waals surface area contributed by atoms with Crippen molar-refractivity contribution in [3.05, 3.63) is 18.2 Å². The molecule has 0 saturated carbocycles. The van der Waals surface area contributed by atoms with Crippen LogP contribution in [0.3, 0.4) is 0 Å². The van der Waals surface area contributed by atoms with Crippen LogP contribution in [0, 0.1) is 0 Å². The number of hydrogen-bond acceptors (Lipinski definition) is 4. The number of hydrogen-bond donors (Lipinski definition) is 3. The van der Waals surface area contributed by atoms with Gasteiger partial charge in [0.2, 0.25) is 0 Å². The summed E-state index contributed by atoms with van der Waals surface area (Å²) in [5.41, 5.74) is 1.13. The molecule has 1 atom stereocenters. The Morgan fingerprint density at radius 3 is 3.06 bits per heavy atom. The van der Waals surface area contributed by atoms with Crippen molar-refractivity contribution in [2.75, 3.05) is 18.6 Å². The summed E-state index contributed by atoms with van der Waals surface area (Å²) in [6.07, 6.45) is 3.53. The van der Waals surface area contributed by atoms with Crippen LogP contribution in [0.4, 0.5) is 4.79 Å². The normalized spacial score (nSPS) is 12.1. The van der Waals surface area contributed by atoms with Crippen LogP contribution in [0.5, 0.6) is 0 Å². The Balaban J connectivity index is 2.05. The lowest BCUT2D eigenvalue weighted by Crippen LogP contribution is -2.27. The van der Waals surface area contributed by atoms with Gasteiger partial charge in [-0.15, -0.1) is 0 Å². The molecule has 1 aromatic heterocycles. The maximum atomic E-state index is 10.8. The minimum Gasteiger partial charge on any atom is -0.348 e. The number of amides is 2. The van der Waals surface area contributed by atoms with Gasteiger partial charge in [-0.2, -0.15) is 11.8 Å².